The molecule has 1 aromatic rings. The first kappa shape index (κ1) is 12.8. The van der Waals surface area contributed by atoms with Gasteiger partial charge in [-0.15, -0.1) is 0 Å². The van der Waals surface area contributed by atoms with Gasteiger partial charge in [0.15, 0.2) is 11.6 Å². The van der Waals surface area contributed by atoms with Crippen LogP contribution < -0.4 is 10.5 Å². The SMILES string of the molecule is CCC(CC(N)=S)Oc1ccc(F)cc1F. The number of ether oxygens (including phenoxy) is 1. The zero-order valence-corrected chi connectivity index (χ0v) is 9.69. The van der Waals surface area contributed by atoms with Gasteiger partial charge in [0.05, 0.1) is 4.99 Å². The van der Waals surface area contributed by atoms with Crippen molar-refractivity contribution in [3.63, 3.8) is 0 Å². The summed E-state index contributed by atoms with van der Waals surface area (Å²) in [6, 6.07) is 3.18. The molecule has 16 heavy (non-hydrogen) atoms. The highest BCUT2D eigenvalue weighted by molar-refractivity contribution is 7.80. The van der Waals surface area contributed by atoms with Crippen molar-refractivity contribution >= 4 is 17.2 Å². The molecule has 0 aliphatic carbocycles. The van der Waals surface area contributed by atoms with Crippen molar-refractivity contribution in [2.24, 2.45) is 5.73 Å². The van der Waals surface area contributed by atoms with Gasteiger partial charge in [-0.3, -0.25) is 0 Å². The number of hydrogen-bond acceptors (Lipinski definition) is 2. The van der Waals surface area contributed by atoms with Crippen molar-refractivity contribution in [3.8, 4) is 5.75 Å². The molecule has 0 radical (unpaired) electrons. The van der Waals surface area contributed by atoms with Crippen LogP contribution in [0.4, 0.5) is 8.78 Å². The lowest BCUT2D eigenvalue weighted by atomic mass is 10.2. The van der Waals surface area contributed by atoms with E-state index in [0.717, 1.165) is 12.1 Å². The minimum Gasteiger partial charge on any atom is -0.487 e. The summed E-state index contributed by atoms with van der Waals surface area (Å²) in [6.07, 6.45) is 0.744. The monoisotopic (exact) mass is 245 g/mol. The molecule has 1 rings (SSSR count). The summed E-state index contributed by atoms with van der Waals surface area (Å²) in [5.74, 6) is -1.34. The van der Waals surface area contributed by atoms with Crippen LogP contribution in [-0.2, 0) is 0 Å². The van der Waals surface area contributed by atoms with Crippen molar-refractivity contribution in [2.45, 2.75) is 25.9 Å². The van der Waals surface area contributed by atoms with Crippen LogP contribution in [0.15, 0.2) is 18.2 Å². The van der Waals surface area contributed by atoms with Crippen LogP contribution in [0.25, 0.3) is 0 Å². The van der Waals surface area contributed by atoms with E-state index < -0.39 is 11.6 Å². The first-order valence-electron chi connectivity index (χ1n) is 4.93. The van der Waals surface area contributed by atoms with Gasteiger partial charge in [0, 0.05) is 12.5 Å². The predicted molar refractivity (Wildman–Crippen MR) is 62.5 cm³/mol. The third-order valence-electron chi connectivity index (χ3n) is 2.07. The largest absolute Gasteiger partial charge is 0.487 e. The molecule has 1 unspecified atom stereocenters. The van der Waals surface area contributed by atoms with Crippen LogP contribution in [0.3, 0.4) is 0 Å². The van der Waals surface area contributed by atoms with Crippen LogP contribution in [0.2, 0.25) is 0 Å². The van der Waals surface area contributed by atoms with E-state index in [0.29, 0.717) is 17.8 Å². The second-order valence-corrected chi connectivity index (χ2v) is 3.92. The predicted octanol–water partition coefficient (Wildman–Crippen LogP) is 2.80. The number of nitrogens with two attached hydrogens (primary N) is 1. The Labute approximate surface area is 98.4 Å². The molecule has 2 N–H and O–H groups in total. The van der Waals surface area contributed by atoms with Gasteiger partial charge in [-0.1, -0.05) is 19.1 Å². The molecular formula is C11H13F2NOS. The lowest BCUT2D eigenvalue weighted by molar-refractivity contribution is 0.196. The van der Waals surface area contributed by atoms with Crippen LogP contribution >= 0.6 is 12.2 Å². The number of benzene rings is 1. The normalized spacial score (nSPS) is 12.2. The smallest absolute Gasteiger partial charge is 0.167 e. The van der Waals surface area contributed by atoms with Crippen molar-refractivity contribution in [2.75, 3.05) is 0 Å². The standard InChI is InChI=1S/C11H13F2NOS/c1-2-8(6-11(14)16)15-10-4-3-7(12)5-9(10)13/h3-5,8H,2,6H2,1H3,(H2,14,16). The summed E-state index contributed by atoms with van der Waals surface area (Å²) in [5.41, 5.74) is 5.38. The second kappa shape index (κ2) is 5.75. The number of rotatable bonds is 5. The van der Waals surface area contributed by atoms with Crippen LogP contribution in [0, 0.1) is 11.6 Å². The highest BCUT2D eigenvalue weighted by Gasteiger charge is 2.12. The Kier molecular flexibility index (Phi) is 4.61. The molecule has 1 aromatic carbocycles. The van der Waals surface area contributed by atoms with E-state index >= 15 is 0 Å². The van der Waals surface area contributed by atoms with E-state index in [2.05, 4.69) is 0 Å². The maximum atomic E-state index is 13.3. The van der Waals surface area contributed by atoms with Gasteiger partial charge >= 0.3 is 0 Å². The molecule has 88 valence electrons. The lowest BCUT2D eigenvalue weighted by Gasteiger charge is -2.17. The van der Waals surface area contributed by atoms with E-state index in [9.17, 15) is 8.78 Å². The summed E-state index contributed by atoms with van der Waals surface area (Å²) in [6.45, 7) is 1.88. The Bertz CT molecular complexity index is 384. The van der Waals surface area contributed by atoms with Gasteiger partial charge in [-0.2, -0.15) is 0 Å². The Morgan fingerprint density at radius 1 is 1.50 bits per heavy atom. The molecule has 0 saturated heterocycles. The van der Waals surface area contributed by atoms with Gasteiger partial charge in [0.1, 0.15) is 11.9 Å². The molecule has 0 saturated carbocycles. The van der Waals surface area contributed by atoms with E-state index in [1.165, 1.54) is 6.07 Å². The third kappa shape index (κ3) is 3.73. The minimum absolute atomic E-state index is 0.0181. The maximum absolute atomic E-state index is 13.3. The molecule has 2 nitrogen and oxygen atoms in total. The van der Waals surface area contributed by atoms with Gasteiger partial charge in [-0.05, 0) is 18.6 Å². The summed E-state index contributed by atoms with van der Waals surface area (Å²) >= 11 is 4.75. The molecule has 0 aromatic heterocycles. The van der Waals surface area contributed by atoms with Crippen LogP contribution in [0.1, 0.15) is 19.8 Å². The first-order chi connectivity index (χ1) is 7.52. The first-order valence-corrected chi connectivity index (χ1v) is 5.33. The number of thiocarbonyl (C=S) groups is 1. The summed E-state index contributed by atoms with van der Waals surface area (Å²) in [4.78, 5) is 0.314. The van der Waals surface area contributed by atoms with E-state index in [-0.39, 0.29) is 11.9 Å². The topological polar surface area (TPSA) is 35.2 Å². The Hall–Kier alpha value is -1.23. The van der Waals surface area contributed by atoms with Gasteiger partial charge < -0.3 is 10.5 Å². The average molecular weight is 245 g/mol. The molecule has 1 atom stereocenters. The van der Waals surface area contributed by atoms with Crippen molar-refractivity contribution in [1.29, 1.82) is 0 Å². The Morgan fingerprint density at radius 2 is 2.19 bits per heavy atom. The second-order valence-electron chi connectivity index (χ2n) is 3.39. The fourth-order valence-electron chi connectivity index (χ4n) is 1.24. The summed E-state index contributed by atoms with van der Waals surface area (Å²) < 4.78 is 31.2. The van der Waals surface area contributed by atoms with Crippen LogP contribution in [-0.4, -0.2) is 11.1 Å². The van der Waals surface area contributed by atoms with E-state index in [1.807, 2.05) is 6.92 Å². The van der Waals surface area contributed by atoms with E-state index in [4.69, 9.17) is 22.7 Å². The number of hydrogen-bond donors (Lipinski definition) is 1. The van der Waals surface area contributed by atoms with Crippen molar-refractivity contribution in [1.82, 2.24) is 0 Å². The highest BCUT2D eigenvalue weighted by atomic mass is 32.1. The molecule has 0 bridgehead atoms. The molecule has 5 heteroatoms. The fraction of sp³-hybridized carbons (Fsp3) is 0.364. The Morgan fingerprint density at radius 3 is 2.69 bits per heavy atom. The molecule has 0 aliphatic rings. The maximum Gasteiger partial charge on any atom is 0.167 e. The molecule has 0 amide bonds. The fourth-order valence-corrected chi connectivity index (χ4v) is 1.43. The summed E-state index contributed by atoms with van der Waals surface area (Å²) in [7, 11) is 0. The molecule has 0 fully saturated rings. The molecule has 0 spiro atoms. The van der Waals surface area contributed by atoms with Gasteiger partial charge in [-0.25, -0.2) is 8.78 Å². The van der Waals surface area contributed by atoms with Gasteiger partial charge in [0.25, 0.3) is 0 Å². The Balaban J connectivity index is 2.73. The zero-order valence-electron chi connectivity index (χ0n) is 8.87. The van der Waals surface area contributed by atoms with Crippen molar-refractivity contribution < 1.29 is 13.5 Å². The number of halogens is 2. The molecule has 0 heterocycles. The molecular weight excluding hydrogens is 232 g/mol. The summed E-state index contributed by atoms with van der Waals surface area (Å²) in [5, 5.41) is 0. The average Bonchev–Trinajstić information content (AvgIpc) is 2.20. The lowest BCUT2D eigenvalue weighted by Crippen LogP contribution is -2.23. The van der Waals surface area contributed by atoms with Crippen LogP contribution in [0.5, 0.6) is 5.75 Å². The van der Waals surface area contributed by atoms with Gasteiger partial charge in [0.2, 0.25) is 0 Å². The quantitative estimate of drug-likeness (QED) is 0.810. The van der Waals surface area contributed by atoms with Crippen molar-refractivity contribution in [3.05, 3.63) is 29.8 Å². The molecule has 0 aliphatic heterocycles. The zero-order chi connectivity index (χ0) is 12.1. The third-order valence-corrected chi connectivity index (χ3v) is 2.24. The highest BCUT2D eigenvalue weighted by Crippen LogP contribution is 2.20. The minimum atomic E-state index is -0.721. The van der Waals surface area contributed by atoms with E-state index in [1.54, 1.807) is 0 Å².